The molecular formula is C24H21Cl3N2O5. The molecule has 178 valence electrons. The highest BCUT2D eigenvalue weighted by atomic mass is 35.5. The molecule has 7 nitrogen and oxygen atoms in total. The van der Waals surface area contributed by atoms with Crippen LogP contribution in [-0.2, 0) is 19.1 Å². The van der Waals surface area contributed by atoms with Crippen molar-refractivity contribution in [1.29, 1.82) is 0 Å². The second-order valence-corrected chi connectivity index (χ2v) is 9.84. The first-order valence-electron chi connectivity index (χ1n) is 10.7. The van der Waals surface area contributed by atoms with Crippen molar-refractivity contribution >= 4 is 69.9 Å². The summed E-state index contributed by atoms with van der Waals surface area (Å²) in [5.41, 5.74) is 1.76. The van der Waals surface area contributed by atoms with Crippen LogP contribution in [0.25, 0.3) is 0 Å². The molecule has 1 heterocycles. The van der Waals surface area contributed by atoms with Crippen LogP contribution in [0.4, 0.5) is 11.4 Å². The zero-order valence-corrected chi connectivity index (χ0v) is 20.4. The fraction of sp³-hybridized carbons (Fsp3) is 0.333. The van der Waals surface area contributed by atoms with Gasteiger partial charge >= 0.3 is 5.97 Å². The molecule has 1 aliphatic carbocycles. The van der Waals surface area contributed by atoms with Gasteiger partial charge in [0.1, 0.15) is 0 Å². The Hall–Kier alpha value is -2.61. The first-order chi connectivity index (χ1) is 16.2. The van der Waals surface area contributed by atoms with Gasteiger partial charge in [-0.2, -0.15) is 0 Å². The van der Waals surface area contributed by atoms with Crippen molar-refractivity contribution in [2.45, 2.75) is 30.5 Å². The molecule has 10 heteroatoms. The van der Waals surface area contributed by atoms with E-state index in [9.17, 15) is 19.2 Å². The fourth-order valence-electron chi connectivity index (χ4n) is 4.24. The van der Waals surface area contributed by atoms with Crippen LogP contribution < -0.4 is 10.2 Å². The number of halogens is 3. The Labute approximate surface area is 211 Å². The maximum atomic E-state index is 12.9. The predicted molar refractivity (Wildman–Crippen MR) is 130 cm³/mol. The van der Waals surface area contributed by atoms with E-state index < -0.39 is 30.3 Å². The fourth-order valence-corrected chi connectivity index (χ4v) is 5.00. The number of rotatable bonds is 5. The van der Waals surface area contributed by atoms with E-state index in [-0.39, 0.29) is 28.1 Å². The summed E-state index contributed by atoms with van der Waals surface area (Å²) in [6.07, 6.45) is 0.700. The predicted octanol–water partition coefficient (Wildman–Crippen LogP) is 4.56. The third-order valence-corrected chi connectivity index (χ3v) is 7.65. The number of hydrogen-bond acceptors (Lipinski definition) is 5. The molecule has 4 rings (SSSR count). The molecule has 2 aliphatic rings. The van der Waals surface area contributed by atoms with Gasteiger partial charge in [0.15, 0.2) is 6.61 Å². The van der Waals surface area contributed by atoms with Gasteiger partial charge < -0.3 is 10.1 Å². The Morgan fingerprint density at radius 3 is 2.18 bits per heavy atom. The molecule has 1 saturated carbocycles. The lowest BCUT2D eigenvalue weighted by Gasteiger charge is -2.28. The number of anilines is 2. The smallest absolute Gasteiger partial charge is 0.338 e. The normalized spacial score (nSPS) is 24.1. The van der Waals surface area contributed by atoms with Crippen LogP contribution in [0.3, 0.4) is 0 Å². The maximum absolute atomic E-state index is 12.9. The van der Waals surface area contributed by atoms with Crippen molar-refractivity contribution in [3.8, 4) is 0 Å². The molecule has 3 amide bonds. The number of imide groups is 1. The minimum absolute atomic E-state index is 0.175. The summed E-state index contributed by atoms with van der Waals surface area (Å²) >= 11 is 18.5. The van der Waals surface area contributed by atoms with E-state index in [2.05, 4.69) is 5.32 Å². The van der Waals surface area contributed by atoms with Gasteiger partial charge in [0, 0.05) is 10.7 Å². The van der Waals surface area contributed by atoms with E-state index >= 15 is 0 Å². The van der Waals surface area contributed by atoms with Gasteiger partial charge in [-0.1, -0.05) is 17.7 Å². The van der Waals surface area contributed by atoms with Gasteiger partial charge in [-0.15, -0.1) is 23.2 Å². The van der Waals surface area contributed by atoms with Crippen LogP contribution in [0, 0.1) is 18.8 Å². The zero-order valence-electron chi connectivity index (χ0n) is 18.1. The maximum Gasteiger partial charge on any atom is 0.338 e. The molecule has 0 bridgehead atoms. The van der Waals surface area contributed by atoms with Crippen LogP contribution in [-0.4, -0.2) is 41.1 Å². The van der Waals surface area contributed by atoms with Crippen LogP contribution in [0.15, 0.2) is 42.5 Å². The molecule has 0 unspecified atom stereocenters. The van der Waals surface area contributed by atoms with Crippen molar-refractivity contribution in [2.24, 2.45) is 11.8 Å². The third-order valence-electron chi connectivity index (χ3n) is 6.15. The highest BCUT2D eigenvalue weighted by Gasteiger charge is 2.52. The lowest BCUT2D eigenvalue weighted by atomic mass is 9.80. The first kappa shape index (κ1) is 24.5. The molecule has 0 radical (unpaired) electrons. The molecule has 2 aromatic carbocycles. The molecule has 2 aromatic rings. The van der Waals surface area contributed by atoms with Gasteiger partial charge in [0.05, 0.1) is 33.8 Å². The summed E-state index contributed by atoms with van der Waals surface area (Å²) in [7, 11) is 0. The molecule has 34 heavy (non-hydrogen) atoms. The molecule has 1 N–H and O–H groups in total. The Balaban J connectivity index is 1.37. The SMILES string of the molecule is Cc1c(Cl)cccc1NC(=O)COC(=O)c1ccc(N2C(=O)[C@H]3C[C@@H](Cl)[C@@H](Cl)C[C@H]3C2=O)cc1. The minimum atomic E-state index is -0.716. The summed E-state index contributed by atoms with van der Waals surface area (Å²) in [6.45, 7) is 1.27. The summed E-state index contributed by atoms with van der Waals surface area (Å²) in [4.78, 5) is 51.3. The number of benzene rings is 2. The van der Waals surface area contributed by atoms with E-state index in [0.717, 1.165) is 4.90 Å². The van der Waals surface area contributed by atoms with E-state index in [1.807, 2.05) is 0 Å². The Morgan fingerprint density at radius 1 is 1.00 bits per heavy atom. The molecule has 4 atom stereocenters. The Morgan fingerprint density at radius 2 is 1.59 bits per heavy atom. The van der Waals surface area contributed by atoms with Crippen molar-refractivity contribution < 1.29 is 23.9 Å². The monoisotopic (exact) mass is 522 g/mol. The van der Waals surface area contributed by atoms with Crippen LogP contribution >= 0.6 is 34.8 Å². The molecule has 1 saturated heterocycles. The number of esters is 1. The van der Waals surface area contributed by atoms with Crippen LogP contribution in [0.1, 0.15) is 28.8 Å². The zero-order chi connectivity index (χ0) is 24.6. The highest BCUT2D eigenvalue weighted by Crippen LogP contribution is 2.43. The van der Waals surface area contributed by atoms with E-state index in [0.29, 0.717) is 34.8 Å². The highest BCUT2D eigenvalue weighted by molar-refractivity contribution is 6.32. The summed E-state index contributed by atoms with van der Waals surface area (Å²) in [6, 6.07) is 11.0. The summed E-state index contributed by atoms with van der Waals surface area (Å²) < 4.78 is 5.08. The summed E-state index contributed by atoms with van der Waals surface area (Å²) in [5.74, 6) is -2.83. The molecule has 0 aromatic heterocycles. The second kappa shape index (κ2) is 9.94. The number of nitrogens with one attached hydrogen (secondary N) is 1. The lowest BCUT2D eigenvalue weighted by Crippen LogP contribution is -2.34. The van der Waals surface area contributed by atoms with Crippen LogP contribution in [0.5, 0.6) is 0 Å². The average Bonchev–Trinajstić information content (AvgIpc) is 3.05. The van der Waals surface area contributed by atoms with Gasteiger partial charge in [0.25, 0.3) is 5.91 Å². The number of nitrogens with zero attached hydrogens (tertiary/aromatic N) is 1. The minimum Gasteiger partial charge on any atom is -0.452 e. The molecular weight excluding hydrogens is 503 g/mol. The van der Waals surface area contributed by atoms with Crippen LogP contribution in [0.2, 0.25) is 5.02 Å². The molecule has 2 fully saturated rings. The van der Waals surface area contributed by atoms with Gasteiger partial charge in [-0.3, -0.25) is 19.3 Å². The van der Waals surface area contributed by atoms with E-state index in [1.54, 1.807) is 25.1 Å². The topological polar surface area (TPSA) is 92.8 Å². The van der Waals surface area contributed by atoms with Crippen molar-refractivity contribution in [3.05, 3.63) is 58.6 Å². The first-order valence-corrected chi connectivity index (χ1v) is 11.9. The van der Waals surface area contributed by atoms with E-state index in [1.165, 1.54) is 24.3 Å². The van der Waals surface area contributed by atoms with Crippen molar-refractivity contribution in [2.75, 3.05) is 16.8 Å². The molecule has 0 spiro atoms. The number of amides is 3. The number of carbonyl (C=O) groups is 4. The standard InChI is InChI=1S/C24H21Cl3N2O5/c1-12-17(25)3-2-4-20(12)28-21(30)11-34-24(33)13-5-7-14(8-6-13)29-22(31)15-9-18(26)19(27)10-16(15)23(29)32/h2-8,15-16,18-19H,9-11H2,1H3,(H,28,30)/t15-,16+,18+,19-. The van der Waals surface area contributed by atoms with Gasteiger partial charge in [-0.25, -0.2) is 4.79 Å². The third kappa shape index (κ3) is 4.78. The van der Waals surface area contributed by atoms with E-state index in [4.69, 9.17) is 39.5 Å². The number of ether oxygens (including phenoxy) is 1. The summed E-state index contributed by atoms with van der Waals surface area (Å²) in [5, 5.41) is 2.42. The Bertz CT molecular complexity index is 1130. The quantitative estimate of drug-likeness (QED) is 0.352. The number of fused-ring (bicyclic) bond motifs is 1. The Kier molecular flexibility index (Phi) is 7.17. The molecule has 1 aliphatic heterocycles. The second-order valence-electron chi connectivity index (χ2n) is 8.31. The average molecular weight is 524 g/mol. The lowest BCUT2D eigenvalue weighted by molar-refractivity contribution is -0.122. The van der Waals surface area contributed by atoms with Crippen molar-refractivity contribution in [1.82, 2.24) is 0 Å². The number of hydrogen-bond donors (Lipinski definition) is 1. The number of alkyl halides is 2. The number of carbonyl (C=O) groups excluding carboxylic acids is 4. The largest absolute Gasteiger partial charge is 0.452 e. The van der Waals surface area contributed by atoms with Crippen molar-refractivity contribution in [3.63, 3.8) is 0 Å². The van der Waals surface area contributed by atoms with Gasteiger partial charge in [-0.05, 0) is 61.7 Å². The van der Waals surface area contributed by atoms with Gasteiger partial charge in [0.2, 0.25) is 11.8 Å².